The summed E-state index contributed by atoms with van der Waals surface area (Å²) in [5, 5.41) is 0. The van der Waals surface area contributed by atoms with Crippen LogP contribution >= 0.6 is 0 Å². The van der Waals surface area contributed by atoms with Gasteiger partial charge in [-0.3, -0.25) is 9.69 Å². The Kier molecular flexibility index (Phi) is 3.44. The number of carbonyl (C=O) groups excluding carboxylic acids is 1. The zero-order chi connectivity index (χ0) is 11.7. The van der Waals surface area contributed by atoms with Gasteiger partial charge in [-0.05, 0) is 34.2 Å². The van der Waals surface area contributed by atoms with Gasteiger partial charge in [0.1, 0.15) is 6.10 Å². The molecule has 1 saturated heterocycles. The lowest BCUT2D eigenvalue weighted by atomic mass is 9.78. The van der Waals surface area contributed by atoms with Crippen LogP contribution in [0.25, 0.3) is 0 Å². The number of hydrogen-bond acceptors (Lipinski definition) is 3. The largest absolute Gasteiger partial charge is 0.464 e. The summed E-state index contributed by atoms with van der Waals surface area (Å²) < 4.78 is 5.14. The molecule has 15 heavy (non-hydrogen) atoms. The Balaban J connectivity index is 2.85. The minimum Gasteiger partial charge on any atom is -0.464 e. The van der Waals surface area contributed by atoms with E-state index in [1.165, 1.54) is 0 Å². The number of ether oxygens (including phenoxy) is 1. The van der Waals surface area contributed by atoms with Crippen LogP contribution in [-0.4, -0.2) is 35.1 Å². The first-order valence-electron chi connectivity index (χ1n) is 5.70. The van der Waals surface area contributed by atoms with E-state index >= 15 is 0 Å². The second kappa shape index (κ2) is 4.12. The van der Waals surface area contributed by atoms with Crippen LogP contribution in [0.4, 0.5) is 0 Å². The third kappa shape index (κ3) is 2.51. The van der Waals surface area contributed by atoms with Crippen LogP contribution in [0.5, 0.6) is 0 Å². The number of nitrogens with zero attached hydrogens (tertiary/aromatic N) is 1. The van der Waals surface area contributed by atoms with Crippen LogP contribution in [0.2, 0.25) is 0 Å². The first-order valence-corrected chi connectivity index (χ1v) is 5.70. The molecule has 3 nitrogen and oxygen atoms in total. The van der Waals surface area contributed by atoms with Gasteiger partial charge in [0, 0.05) is 23.9 Å². The van der Waals surface area contributed by atoms with Gasteiger partial charge < -0.3 is 4.74 Å². The van der Waals surface area contributed by atoms with Crippen LogP contribution < -0.4 is 0 Å². The maximum absolute atomic E-state index is 10.4. The number of rotatable bonds is 3. The van der Waals surface area contributed by atoms with Crippen LogP contribution in [0.3, 0.4) is 0 Å². The van der Waals surface area contributed by atoms with Crippen LogP contribution in [0.15, 0.2) is 0 Å². The molecule has 0 amide bonds. The molecule has 1 heterocycles. The van der Waals surface area contributed by atoms with Crippen LogP contribution in [0.1, 0.15) is 47.5 Å². The molecule has 1 aliphatic heterocycles. The van der Waals surface area contributed by atoms with Crippen molar-refractivity contribution in [2.24, 2.45) is 0 Å². The first-order chi connectivity index (χ1) is 6.83. The lowest BCUT2D eigenvalue weighted by Crippen LogP contribution is -2.61. The van der Waals surface area contributed by atoms with Crippen molar-refractivity contribution in [3.8, 4) is 0 Å². The molecule has 0 aromatic rings. The van der Waals surface area contributed by atoms with E-state index in [2.05, 4.69) is 39.5 Å². The topological polar surface area (TPSA) is 29.5 Å². The smallest absolute Gasteiger partial charge is 0.293 e. The quantitative estimate of drug-likeness (QED) is 0.673. The minimum absolute atomic E-state index is 0.0651. The van der Waals surface area contributed by atoms with Gasteiger partial charge in [0.2, 0.25) is 0 Å². The molecule has 0 N–H and O–H groups in total. The SMILES string of the molecule is CCN1C(C)(C)CC(OC=O)CC1(C)C. The van der Waals surface area contributed by atoms with Crippen molar-refractivity contribution in [1.29, 1.82) is 0 Å². The number of likely N-dealkylation sites (tertiary alicyclic amines) is 1. The third-order valence-electron chi connectivity index (χ3n) is 3.48. The van der Waals surface area contributed by atoms with Gasteiger partial charge >= 0.3 is 0 Å². The molecule has 88 valence electrons. The second-order valence-electron chi connectivity index (χ2n) is 5.63. The molecule has 0 radical (unpaired) electrons. The normalized spacial score (nSPS) is 26.2. The molecule has 0 aromatic heterocycles. The Hall–Kier alpha value is -0.570. The fraction of sp³-hybridized carbons (Fsp3) is 0.917. The molecule has 0 saturated carbocycles. The van der Waals surface area contributed by atoms with E-state index in [1.54, 1.807) is 0 Å². The van der Waals surface area contributed by atoms with Crippen molar-refractivity contribution in [3.05, 3.63) is 0 Å². The Morgan fingerprint density at radius 1 is 1.27 bits per heavy atom. The van der Waals surface area contributed by atoms with Crippen molar-refractivity contribution >= 4 is 6.47 Å². The highest BCUT2D eigenvalue weighted by molar-refractivity contribution is 5.37. The van der Waals surface area contributed by atoms with Crippen LogP contribution in [0, 0.1) is 0 Å². The summed E-state index contributed by atoms with van der Waals surface area (Å²) in [5.41, 5.74) is 0.203. The number of piperidine rings is 1. The highest BCUT2D eigenvalue weighted by atomic mass is 16.5. The summed E-state index contributed by atoms with van der Waals surface area (Å²) in [5.74, 6) is 0. The van der Waals surface area contributed by atoms with Crippen molar-refractivity contribution in [2.75, 3.05) is 6.54 Å². The summed E-state index contributed by atoms with van der Waals surface area (Å²) in [4.78, 5) is 12.9. The van der Waals surface area contributed by atoms with E-state index in [0.29, 0.717) is 6.47 Å². The van der Waals surface area contributed by atoms with Crippen molar-refractivity contribution in [3.63, 3.8) is 0 Å². The number of carbonyl (C=O) groups is 1. The minimum atomic E-state index is 0.0651. The molecule has 0 aromatic carbocycles. The van der Waals surface area contributed by atoms with Gasteiger partial charge in [-0.15, -0.1) is 0 Å². The molecular weight excluding hydrogens is 190 g/mol. The molecule has 1 aliphatic rings. The summed E-state index contributed by atoms with van der Waals surface area (Å²) in [7, 11) is 0. The maximum Gasteiger partial charge on any atom is 0.293 e. The second-order valence-corrected chi connectivity index (χ2v) is 5.63. The third-order valence-corrected chi connectivity index (χ3v) is 3.48. The molecule has 0 bridgehead atoms. The van der Waals surface area contributed by atoms with E-state index in [9.17, 15) is 4.79 Å². The number of hydrogen-bond donors (Lipinski definition) is 0. The zero-order valence-corrected chi connectivity index (χ0v) is 10.5. The predicted molar refractivity (Wildman–Crippen MR) is 60.7 cm³/mol. The van der Waals surface area contributed by atoms with Crippen LogP contribution in [-0.2, 0) is 9.53 Å². The van der Waals surface area contributed by atoms with Crippen molar-refractivity contribution < 1.29 is 9.53 Å². The Morgan fingerprint density at radius 2 is 1.73 bits per heavy atom. The van der Waals surface area contributed by atoms with Gasteiger partial charge in [0.05, 0.1) is 0 Å². The zero-order valence-electron chi connectivity index (χ0n) is 10.5. The van der Waals surface area contributed by atoms with Gasteiger partial charge in [-0.1, -0.05) is 6.92 Å². The monoisotopic (exact) mass is 213 g/mol. The Labute approximate surface area is 92.8 Å². The van der Waals surface area contributed by atoms with Crippen molar-refractivity contribution in [2.45, 2.75) is 64.6 Å². The van der Waals surface area contributed by atoms with E-state index in [4.69, 9.17) is 4.74 Å². The highest BCUT2D eigenvalue weighted by Crippen LogP contribution is 2.38. The molecule has 0 spiro atoms. The van der Waals surface area contributed by atoms with E-state index in [1.807, 2.05) is 0 Å². The first kappa shape index (κ1) is 12.5. The van der Waals surface area contributed by atoms with Gasteiger partial charge in [-0.25, -0.2) is 0 Å². The molecule has 0 aliphatic carbocycles. The van der Waals surface area contributed by atoms with E-state index in [-0.39, 0.29) is 17.2 Å². The average molecular weight is 213 g/mol. The lowest BCUT2D eigenvalue weighted by molar-refractivity contribution is -0.145. The molecular formula is C12H23NO2. The fourth-order valence-corrected chi connectivity index (χ4v) is 3.26. The molecule has 0 atom stereocenters. The summed E-state index contributed by atoms with van der Waals surface area (Å²) in [6.07, 6.45) is 1.90. The van der Waals surface area contributed by atoms with Crippen molar-refractivity contribution in [1.82, 2.24) is 4.90 Å². The van der Waals surface area contributed by atoms with Gasteiger partial charge in [0.15, 0.2) is 0 Å². The van der Waals surface area contributed by atoms with E-state index < -0.39 is 0 Å². The molecule has 1 fully saturated rings. The average Bonchev–Trinajstić information content (AvgIpc) is 2.00. The summed E-state index contributed by atoms with van der Waals surface area (Å²) >= 11 is 0. The summed E-state index contributed by atoms with van der Waals surface area (Å²) in [6, 6.07) is 0. The standard InChI is InChI=1S/C12H23NO2/c1-6-13-11(2,3)7-10(15-9-14)8-12(13,4)5/h9-10H,6-8H2,1-5H3. The predicted octanol–water partition coefficient (Wildman–Crippen LogP) is 2.20. The molecule has 3 heteroatoms. The van der Waals surface area contributed by atoms with Gasteiger partial charge in [-0.2, -0.15) is 0 Å². The maximum atomic E-state index is 10.4. The molecule has 1 rings (SSSR count). The van der Waals surface area contributed by atoms with Gasteiger partial charge in [0.25, 0.3) is 6.47 Å². The lowest BCUT2D eigenvalue weighted by Gasteiger charge is -2.54. The fourth-order valence-electron chi connectivity index (χ4n) is 3.26. The highest BCUT2D eigenvalue weighted by Gasteiger charge is 2.44. The summed E-state index contributed by atoms with van der Waals surface area (Å²) in [6.45, 7) is 12.7. The Morgan fingerprint density at radius 3 is 2.07 bits per heavy atom. The van der Waals surface area contributed by atoms with E-state index in [0.717, 1.165) is 19.4 Å². The molecule has 0 unspecified atom stereocenters. The Bertz CT molecular complexity index is 218.